The maximum atomic E-state index is 14.2. The van der Waals surface area contributed by atoms with E-state index in [1.54, 1.807) is 11.8 Å². The van der Waals surface area contributed by atoms with Gasteiger partial charge in [0.15, 0.2) is 0 Å². The van der Waals surface area contributed by atoms with Gasteiger partial charge in [-0.25, -0.2) is 13.5 Å². The number of nitrogens with zero attached hydrogens (tertiary/aromatic N) is 4. The summed E-state index contributed by atoms with van der Waals surface area (Å²) in [6, 6.07) is 13.5. The number of hydrogen-bond acceptors (Lipinski definition) is 3. The minimum atomic E-state index is -0.438. The van der Waals surface area contributed by atoms with Crippen molar-refractivity contribution in [2.24, 2.45) is 0 Å². The van der Waals surface area contributed by atoms with Gasteiger partial charge in [-0.05, 0) is 37.3 Å². The van der Waals surface area contributed by atoms with E-state index in [0.717, 1.165) is 35.1 Å². The van der Waals surface area contributed by atoms with Crippen LogP contribution in [0, 0.1) is 11.6 Å². The van der Waals surface area contributed by atoms with Crippen molar-refractivity contribution in [1.29, 1.82) is 0 Å². The van der Waals surface area contributed by atoms with Crippen molar-refractivity contribution >= 4 is 5.91 Å². The van der Waals surface area contributed by atoms with Gasteiger partial charge in [-0.1, -0.05) is 18.2 Å². The lowest BCUT2D eigenvalue weighted by atomic mass is 10.0. The molecule has 31 heavy (non-hydrogen) atoms. The summed E-state index contributed by atoms with van der Waals surface area (Å²) in [7, 11) is 0. The Balaban J connectivity index is 1.67. The first-order chi connectivity index (χ1) is 15.0. The number of para-hydroxylation sites is 1. The molecule has 0 aliphatic carbocycles. The molecule has 162 valence electrons. The van der Waals surface area contributed by atoms with Gasteiger partial charge in [0.05, 0.1) is 23.6 Å². The van der Waals surface area contributed by atoms with Crippen molar-refractivity contribution in [2.75, 3.05) is 13.1 Å². The molecule has 4 rings (SSSR count). The minimum absolute atomic E-state index is 0.00000788. The highest BCUT2D eigenvalue weighted by atomic mass is 19.1. The number of hydrogen-bond donors (Lipinski definition) is 0. The van der Waals surface area contributed by atoms with Crippen LogP contribution in [0.4, 0.5) is 8.78 Å². The van der Waals surface area contributed by atoms with Gasteiger partial charge in [-0.3, -0.25) is 9.69 Å². The molecule has 0 unspecified atom stereocenters. The van der Waals surface area contributed by atoms with Crippen LogP contribution >= 0.6 is 0 Å². The van der Waals surface area contributed by atoms with Crippen LogP contribution in [0.5, 0.6) is 0 Å². The molecular formula is C24H26F2N4O. The highest BCUT2D eigenvalue weighted by Gasteiger charge is 2.27. The molecule has 0 bridgehead atoms. The first-order valence-electron chi connectivity index (χ1n) is 10.5. The fraction of sp³-hybridized carbons (Fsp3) is 0.333. The zero-order chi connectivity index (χ0) is 22.0. The lowest BCUT2D eigenvalue weighted by Crippen LogP contribution is -2.32. The molecule has 2 heterocycles. The summed E-state index contributed by atoms with van der Waals surface area (Å²) < 4.78 is 29.8. The van der Waals surface area contributed by atoms with E-state index in [9.17, 15) is 13.6 Å². The Morgan fingerprint density at radius 3 is 2.65 bits per heavy atom. The number of carbonyl (C=O) groups excluding carboxylic acids is 1. The van der Waals surface area contributed by atoms with Gasteiger partial charge in [-0.2, -0.15) is 5.10 Å². The zero-order valence-electron chi connectivity index (χ0n) is 17.8. The first kappa shape index (κ1) is 21.2. The van der Waals surface area contributed by atoms with Crippen LogP contribution in [0.15, 0.2) is 48.5 Å². The molecule has 0 saturated heterocycles. The van der Waals surface area contributed by atoms with Crippen molar-refractivity contribution in [3.05, 3.63) is 82.7 Å². The van der Waals surface area contributed by atoms with E-state index in [-0.39, 0.29) is 5.91 Å². The number of benzene rings is 2. The third-order valence-electron chi connectivity index (χ3n) is 5.79. The molecule has 5 nitrogen and oxygen atoms in total. The van der Waals surface area contributed by atoms with Crippen LogP contribution in [0.1, 0.15) is 36.4 Å². The second-order valence-corrected chi connectivity index (χ2v) is 7.85. The fourth-order valence-corrected chi connectivity index (χ4v) is 4.12. The normalized spacial score (nSPS) is 13.8. The summed E-state index contributed by atoms with van der Waals surface area (Å²) in [5.74, 6) is -0.840. The van der Waals surface area contributed by atoms with Crippen LogP contribution in [0.2, 0.25) is 0 Å². The Kier molecular flexibility index (Phi) is 6.13. The van der Waals surface area contributed by atoms with E-state index in [1.165, 1.54) is 12.1 Å². The van der Waals surface area contributed by atoms with E-state index in [2.05, 4.69) is 4.90 Å². The van der Waals surface area contributed by atoms with Crippen molar-refractivity contribution in [2.45, 2.75) is 39.9 Å². The molecule has 1 aromatic heterocycles. The Labute approximate surface area is 180 Å². The van der Waals surface area contributed by atoms with Gasteiger partial charge in [-0.15, -0.1) is 0 Å². The smallest absolute Gasteiger partial charge is 0.219 e. The molecular weight excluding hydrogens is 398 g/mol. The molecule has 0 atom stereocenters. The second-order valence-electron chi connectivity index (χ2n) is 7.85. The Morgan fingerprint density at radius 2 is 1.94 bits per heavy atom. The third kappa shape index (κ3) is 4.51. The van der Waals surface area contributed by atoms with Gasteiger partial charge < -0.3 is 4.90 Å². The van der Waals surface area contributed by atoms with Crippen molar-refractivity contribution in [1.82, 2.24) is 19.6 Å². The monoisotopic (exact) mass is 424 g/mol. The molecule has 1 aliphatic rings. The average Bonchev–Trinajstić information content (AvgIpc) is 3.12. The summed E-state index contributed by atoms with van der Waals surface area (Å²) in [6.07, 6.45) is 0.736. The first-order valence-corrected chi connectivity index (χ1v) is 10.5. The summed E-state index contributed by atoms with van der Waals surface area (Å²) in [5.41, 5.74) is 4.34. The molecule has 7 heteroatoms. The van der Waals surface area contributed by atoms with Crippen LogP contribution in [0.3, 0.4) is 0 Å². The van der Waals surface area contributed by atoms with Crippen LogP contribution in [0.25, 0.3) is 5.69 Å². The number of amides is 1. The Bertz CT molecular complexity index is 1080. The minimum Gasteiger partial charge on any atom is -0.337 e. The van der Waals surface area contributed by atoms with Gasteiger partial charge >= 0.3 is 0 Å². The number of fused-ring (bicyclic) bond motifs is 1. The maximum Gasteiger partial charge on any atom is 0.219 e. The number of halogens is 2. The summed E-state index contributed by atoms with van der Waals surface area (Å²) in [6.45, 7) is 6.14. The quantitative estimate of drug-likeness (QED) is 0.599. The van der Waals surface area contributed by atoms with Crippen LogP contribution in [-0.4, -0.2) is 38.6 Å². The van der Waals surface area contributed by atoms with Crippen LogP contribution < -0.4 is 0 Å². The second kappa shape index (κ2) is 8.98. The van der Waals surface area contributed by atoms with E-state index in [0.29, 0.717) is 38.3 Å². The number of rotatable bonds is 6. The Hall–Kier alpha value is -3.06. The zero-order valence-corrected chi connectivity index (χ0v) is 17.8. The molecule has 1 aliphatic heterocycles. The predicted octanol–water partition coefficient (Wildman–Crippen LogP) is 4.08. The highest BCUT2D eigenvalue weighted by molar-refractivity contribution is 5.73. The summed E-state index contributed by atoms with van der Waals surface area (Å²) >= 11 is 0. The molecule has 0 N–H and O–H groups in total. The number of carbonyl (C=O) groups is 1. The van der Waals surface area contributed by atoms with Gasteiger partial charge in [0.1, 0.15) is 11.6 Å². The lowest BCUT2D eigenvalue weighted by Gasteiger charge is -2.28. The molecule has 0 saturated carbocycles. The molecule has 0 spiro atoms. The summed E-state index contributed by atoms with van der Waals surface area (Å²) in [5, 5.41) is 4.87. The standard InChI is InChI=1S/C24H26F2N4O/c1-3-29(17(2)31)16-23-21-15-28(14-18-13-19(25)9-10-22(18)26)12-11-24(21)30(27-23)20-7-5-4-6-8-20/h4-10,13H,3,11-12,14-16H2,1-2H3. The SMILES string of the molecule is CCN(Cc1nn(-c2ccccc2)c2c1CN(Cc1cc(F)ccc1F)CC2)C(C)=O. The predicted molar refractivity (Wildman–Crippen MR) is 115 cm³/mol. The van der Waals surface area contributed by atoms with Gasteiger partial charge in [0.2, 0.25) is 5.91 Å². The molecule has 3 aromatic rings. The lowest BCUT2D eigenvalue weighted by molar-refractivity contribution is -0.129. The van der Waals surface area contributed by atoms with E-state index in [4.69, 9.17) is 5.10 Å². The third-order valence-corrected chi connectivity index (χ3v) is 5.79. The number of aromatic nitrogens is 2. The van der Waals surface area contributed by atoms with Gasteiger partial charge in [0, 0.05) is 50.7 Å². The summed E-state index contributed by atoms with van der Waals surface area (Å²) in [4.78, 5) is 15.9. The highest BCUT2D eigenvalue weighted by Crippen LogP contribution is 2.28. The van der Waals surface area contributed by atoms with E-state index < -0.39 is 11.6 Å². The molecule has 2 aromatic carbocycles. The Morgan fingerprint density at radius 1 is 1.16 bits per heavy atom. The van der Waals surface area contributed by atoms with E-state index >= 15 is 0 Å². The van der Waals surface area contributed by atoms with E-state index in [1.807, 2.05) is 41.9 Å². The molecule has 0 radical (unpaired) electrons. The van der Waals surface area contributed by atoms with Crippen molar-refractivity contribution < 1.29 is 13.6 Å². The largest absolute Gasteiger partial charge is 0.337 e. The fourth-order valence-electron chi connectivity index (χ4n) is 4.12. The van der Waals surface area contributed by atoms with Gasteiger partial charge in [0.25, 0.3) is 0 Å². The molecule has 0 fully saturated rings. The van der Waals surface area contributed by atoms with Crippen LogP contribution in [-0.2, 0) is 30.8 Å². The van der Waals surface area contributed by atoms with Crippen molar-refractivity contribution in [3.63, 3.8) is 0 Å². The average molecular weight is 424 g/mol. The maximum absolute atomic E-state index is 14.2. The topological polar surface area (TPSA) is 41.4 Å². The molecule has 1 amide bonds. The van der Waals surface area contributed by atoms with Crippen molar-refractivity contribution in [3.8, 4) is 5.69 Å².